The minimum absolute atomic E-state index is 0.0800. The molecule has 0 spiro atoms. The Bertz CT molecular complexity index is 837. The average molecular weight is 388 g/mol. The lowest BCUT2D eigenvalue weighted by Gasteiger charge is -2.21. The molecule has 0 aliphatic rings. The van der Waals surface area contributed by atoms with E-state index in [1.165, 1.54) is 19.4 Å². The van der Waals surface area contributed by atoms with Gasteiger partial charge in [-0.15, -0.1) is 0 Å². The molecule has 2 amide bonds. The molecule has 0 unspecified atom stereocenters. The molecule has 0 bridgehead atoms. The molecule has 8 heteroatoms. The second-order valence-corrected chi connectivity index (χ2v) is 7.03. The molecule has 0 aliphatic carbocycles. The monoisotopic (exact) mass is 388 g/mol. The third kappa shape index (κ3) is 5.87. The van der Waals surface area contributed by atoms with E-state index in [-0.39, 0.29) is 17.7 Å². The molecular formula is C20H24N2O6. The van der Waals surface area contributed by atoms with E-state index >= 15 is 0 Å². The van der Waals surface area contributed by atoms with Crippen molar-refractivity contribution in [2.24, 2.45) is 0 Å². The smallest absolute Gasteiger partial charge is 0.325 e. The molecule has 2 N–H and O–H groups in total. The number of furan rings is 1. The van der Waals surface area contributed by atoms with Gasteiger partial charge in [0.25, 0.3) is 11.8 Å². The molecule has 150 valence electrons. The van der Waals surface area contributed by atoms with E-state index in [1.54, 1.807) is 12.1 Å². The van der Waals surface area contributed by atoms with Crippen LogP contribution in [0.3, 0.4) is 0 Å². The van der Waals surface area contributed by atoms with Crippen LogP contribution < -0.4 is 15.4 Å². The fourth-order valence-corrected chi connectivity index (χ4v) is 2.30. The summed E-state index contributed by atoms with van der Waals surface area (Å²) in [6.45, 7) is 5.30. The lowest BCUT2D eigenvalue weighted by molar-refractivity contribution is -0.146. The first-order chi connectivity index (χ1) is 13.2. The zero-order valence-electron chi connectivity index (χ0n) is 16.3. The van der Waals surface area contributed by atoms with E-state index in [9.17, 15) is 14.4 Å². The number of amides is 2. The van der Waals surface area contributed by atoms with Gasteiger partial charge in [0.15, 0.2) is 12.4 Å². The van der Waals surface area contributed by atoms with Gasteiger partial charge in [-0.05, 0) is 35.2 Å². The number of anilines is 1. The molecule has 2 rings (SSSR count). The molecule has 0 fully saturated rings. The Balaban J connectivity index is 1.86. The number of nitrogens with one attached hydrogen (secondary N) is 2. The molecular weight excluding hydrogens is 364 g/mol. The van der Waals surface area contributed by atoms with Crippen LogP contribution in [0, 0.1) is 0 Å². The first kappa shape index (κ1) is 21.0. The topological polar surface area (TPSA) is 107 Å². The van der Waals surface area contributed by atoms with Crippen molar-refractivity contribution in [3.63, 3.8) is 0 Å². The molecule has 1 aromatic carbocycles. The highest BCUT2D eigenvalue weighted by Crippen LogP contribution is 2.31. The Morgan fingerprint density at radius 1 is 1.14 bits per heavy atom. The van der Waals surface area contributed by atoms with Crippen LogP contribution in [0.4, 0.5) is 5.69 Å². The molecule has 0 saturated carbocycles. The number of carbonyl (C=O) groups excluding carboxylic acids is 3. The summed E-state index contributed by atoms with van der Waals surface area (Å²) in [6, 6.07) is 8.54. The quantitative estimate of drug-likeness (QED) is 0.706. The number of benzene rings is 1. The van der Waals surface area contributed by atoms with Crippen molar-refractivity contribution in [1.29, 1.82) is 0 Å². The number of methoxy groups -OCH3 is 1. The van der Waals surface area contributed by atoms with Crippen LogP contribution >= 0.6 is 0 Å². The molecule has 8 nitrogen and oxygen atoms in total. The van der Waals surface area contributed by atoms with Crippen molar-refractivity contribution in [3.05, 3.63) is 47.9 Å². The van der Waals surface area contributed by atoms with Crippen molar-refractivity contribution in [2.45, 2.75) is 26.2 Å². The first-order valence-electron chi connectivity index (χ1n) is 8.66. The van der Waals surface area contributed by atoms with Crippen LogP contribution in [0.5, 0.6) is 5.75 Å². The van der Waals surface area contributed by atoms with Crippen molar-refractivity contribution < 1.29 is 28.3 Å². The summed E-state index contributed by atoms with van der Waals surface area (Å²) in [4.78, 5) is 35.5. The number of ether oxygens (including phenoxy) is 2. The van der Waals surface area contributed by atoms with Crippen LogP contribution in [0.25, 0.3) is 0 Å². The summed E-state index contributed by atoms with van der Waals surface area (Å²) in [5, 5.41) is 5.01. The fraction of sp³-hybridized carbons (Fsp3) is 0.350. The van der Waals surface area contributed by atoms with Gasteiger partial charge in [0.1, 0.15) is 12.3 Å². The standard InChI is InChI=1S/C20H24N2O6/c1-20(2,3)13-7-8-15(26-4)14(10-13)22-17(23)12-28-18(24)11-21-19(25)16-6-5-9-27-16/h5-10H,11-12H2,1-4H3,(H,21,25)(H,22,23). The summed E-state index contributed by atoms with van der Waals surface area (Å²) in [7, 11) is 1.50. The third-order valence-electron chi connectivity index (χ3n) is 3.84. The molecule has 0 saturated heterocycles. The SMILES string of the molecule is COc1ccc(C(C)(C)C)cc1NC(=O)COC(=O)CNC(=O)c1ccco1. The Hall–Kier alpha value is -3.29. The maximum Gasteiger partial charge on any atom is 0.325 e. The number of esters is 1. The van der Waals surface area contributed by atoms with Gasteiger partial charge in [0.2, 0.25) is 0 Å². The van der Waals surface area contributed by atoms with Crippen molar-refractivity contribution in [2.75, 3.05) is 25.6 Å². The second-order valence-electron chi connectivity index (χ2n) is 7.03. The fourth-order valence-electron chi connectivity index (χ4n) is 2.30. The zero-order valence-corrected chi connectivity index (χ0v) is 16.3. The molecule has 1 aromatic heterocycles. The summed E-state index contributed by atoms with van der Waals surface area (Å²) < 4.78 is 15.0. The Morgan fingerprint density at radius 3 is 2.50 bits per heavy atom. The summed E-state index contributed by atoms with van der Waals surface area (Å²) in [5.41, 5.74) is 1.40. The van der Waals surface area contributed by atoms with Crippen LogP contribution in [-0.2, 0) is 19.7 Å². The highest BCUT2D eigenvalue weighted by molar-refractivity contribution is 5.95. The van der Waals surface area contributed by atoms with E-state index in [4.69, 9.17) is 13.9 Å². The van der Waals surface area contributed by atoms with Crippen molar-refractivity contribution >= 4 is 23.5 Å². The lowest BCUT2D eigenvalue weighted by atomic mass is 9.87. The normalized spacial score (nSPS) is 10.9. The highest BCUT2D eigenvalue weighted by atomic mass is 16.5. The number of hydrogen-bond donors (Lipinski definition) is 2. The molecule has 0 radical (unpaired) electrons. The first-order valence-corrected chi connectivity index (χ1v) is 8.66. The maximum atomic E-state index is 12.1. The summed E-state index contributed by atoms with van der Waals surface area (Å²) in [6.07, 6.45) is 1.35. The molecule has 0 atom stereocenters. The van der Waals surface area contributed by atoms with E-state index in [0.29, 0.717) is 11.4 Å². The lowest BCUT2D eigenvalue weighted by Crippen LogP contribution is -2.32. The number of hydrogen-bond acceptors (Lipinski definition) is 6. The van der Waals surface area contributed by atoms with Gasteiger partial charge in [0.05, 0.1) is 19.1 Å². The number of rotatable bonds is 7. The predicted octanol–water partition coefficient (Wildman–Crippen LogP) is 2.50. The van der Waals surface area contributed by atoms with E-state index in [1.807, 2.05) is 12.1 Å². The van der Waals surface area contributed by atoms with Gasteiger partial charge in [-0.1, -0.05) is 26.8 Å². The maximum absolute atomic E-state index is 12.1. The van der Waals surface area contributed by atoms with Gasteiger partial charge in [-0.2, -0.15) is 0 Å². The predicted molar refractivity (Wildman–Crippen MR) is 102 cm³/mol. The summed E-state index contributed by atoms with van der Waals surface area (Å²) in [5.74, 6) is -1.23. The Labute approximate surface area is 163 Å². The molecule has 0 aliphatic heterocycles. The van der Waals surface area contributed by atoms with Crippen molar-refractivity contribution in [1.82, 2.24) is 5.32 Å². The van der Waals surface area contributed by atoms with E-state index < -0.39 is 24.4 Å². The highest BCUT2D eigenvalue weighted by Gasteiger charge is 2.18. The molecule has 28 heavy (non-hydrogen) atoms. The van der Waals surface area contributed by atoms with E-state index in [0.717, 1.165) is 5.56 Å². The Kier molecular flexibility index (Phi) is 6.81. The van der Waals surface area contributed by atoms with Gasteiger partial charge in [0, 0.05) is 0 Å². The minimum Gasteiger partial charge on any atom is -0.495 e. The minimum atomic E-state index is -0.745. The van der Waals surface area contributed by atoms with E-state index in [2.05, 4.69) is 31.4 Å². The Morgan fingerprint density at radius 2 is 1.89 bits per heavy atom. The average Bonchev–Trinajstić information content (AvgIpc) is 3.18. The van der Waals surface area contributed by atoms with Gasteiger partial charge in [-0.25, -0.2) is 0 Å². The van der Waals surface area contributed by atoms with Gasteiger partial charge >= 0.3 is 5.97 Å². The molecule has 1 heterocycles. The van der Waals surface area contributed by atoms with Crippen LogP contribution in [-0.4, -0.2) is 38.0 Å². The largest absolute Gasteiger partial charge is 0.495 e. The van der Waals surface area contributed by atoms with Crippen LogP contribution in [0.15, 0.2) is 41.0 Å². The van der Waals surface area contributed by atoms with Crippen molar-refractivity contribution in [3.8, 4) is 5.75 Å². The second kappa shape index (κ2) is 9.07. The summed E-state index contributed by atoms with van der Waals surface area (Å²) >= 11 is 0. The zero-order chi connectivity index (χ0) is 20.7. The van der Waals surface area contributed by atoms with Crippen LogP contribution in [0.2, 0.25) is 0 Å². The van der Waals surface area contributed by atoms with Gasteiger partial charge in [-0.3, -0.25) is 14.4 Å². The number of carbonyl (C=O) groups is 3. The van der Waals surface area contributed by atoms with Crippen LogP contribution in [0.1, 0.15) is 36.9 Å². The molecule has 2 aromatic rings. The third-order valence-corrected chi connectivity index (χ3v) is 3.84. The van der Waals surface area contributed by atoms with Gasteiger partial charge < -0.3 is 24.5 Å².